The van der Waals surface area contributed by atoms with Gasteiger partial charge in [-0.2, -0.15) is 0 Å². The van der Waals surface area contributed by atoms with Crippen LogP contribution in [0.2, 0.25) is 5.15 Å². The largest absolute Gasteiger partial charge is 0.260 e. The molecule has 1 unspecified atom stereocenters. The van der Waals surface area contributed by atoms with Gasteiger partial charge in [-0.15, -0.1) is 0 Å². The molecule has 0 radical (unpaired) electrons. The highest BCUT2D eigenvalue weighted by atomic mass is 35.5. The minimum absolute atomic E-state index is 0.260. The smallest absolute Gasteiger partial charge is 0.135 e. The van der Waals surface area contributed by atoms with Crippen LogP contribution in [0.25, 0.3) is 0 Å². The summed E-state index contributed by atoms with van der Waals surface area (Å²) >= 11 is 6.09. The summed E-state index contributed by atoms with van der Waals surface area (Å²) < 4.78 is 0. The van der Waals surface area contributed by atoms with Crippen LogP contribution in [0.5, 0.6) is 0 Å². The summed E-state index contributed by atoms with van der Waals surface area (Å²) in [4.78, 5) is 13.0. The predicted molar refractivity (Wildman–Crippen MR) is 70.8 cm³/mol. The minimum Gasteiger partial charge on any atom is -0.260 e. The van der Waals surface area contributed by atoms with Gasteiger partial charge in [-0.05, 0) is 37.8 Å². The average Bonchev–Trinajstić information content (AvgIpc) is 2.41. The molecule has 4 heteroatoms. The van der Waals surface area contributed by atoms with Crippen LogP contribution >= 0.6 is 11.6 Å². The second-order valence-corrected chi connectivity index (χ2v) is 5.03. The van der Waals surface area contributed by atoms with E-state index in [4.69, 9.17) is 11.6 Å². The van der Waals surface area contributed by atoms with Crippen molar-refractivity contribution in [2.75, 3.05) is 0 Å². The SMILES string of the molecule is Cc1c(Cl)ncnc1C1CCCc2cccnc21. The highest BCUT2D eigenvalue weighted by Crippen LogP contribution is 2.36. The molecule has 0 fully saturated rings. The number of rotatable bonds is 1. The van der Waals surface area contributed by atoms with Crippen molar-refractivity contribution >= 4 is 11.6 Å². The van der Waals surface area contributed by atoms with E-state index in [-0.39, 0.29) is 5.92 Å². The third kappa shape index (κ3) is 1.89. The zero-order chi connectivity index (χ0) is 12.5. The van der Waals surface area contributed by atoms with Crippen molar-refractivity contribution in [3.8, 4) is 0 Å². The fourth-order valence-corrected chi connectivity index (χ4v) is 2.81. The van der Waals surface area contributed by atoms with E-state index in [0.29, 0.717) is 5.15 Å². The van der Waals surface area contributed by atoms with Crippen LogP contribution < -0.4 is 0 Å². The number of fused-ring (bicyclic) bond motifs is 1. The molecule has 0 amide bonds. The molecule has 0 bridgehead atoms. The molecule has 18 heavy (non-hydrogen) atoms. The molecule has 1 aliphatic rings. The first kappa shape index (κ1) is 11.6. The van der Waals surface area contributed by atoms with E-state index < -0.39 is 0 Å². The standard InChI is InChI=1S/C14H14ClN3/c1-9-12(17-8-18-14(9)15)11-6-2-4-10-5-3-7-16-13(10)11/h3,5,7-8,11H,2,4,6H2,1H3. The van der Waals surface area contributed by atoms with Gasteiger partial charge < -0.3 is 0 Å². The van der Waals surface area contributed by atoms with Gasteiger partial charge in [0, 0.05) is 17.7 Å². The van der Waals surface area contributed by atoms with E-state index in [1.54, 1.807) is 6.33 Å². The van der Waals surface area contributed by atoms with E-state index in [1.165, 1.54) is 12.0 Å². The maximum Gasteiger partial charge on any atom is 0.135 e. The number of aromatic nitrogens is 3. The zero-order valence-corrected chi connectivity index (χ0v) is 11.0. The van der Waals surface area contributed by atoms with E-state index in [9.17, 15) is 0 Å². The summed E-state index contributed by atoms with van der Waals surface area (Å²) in [5, 5.41) is 0.544. The Bertz CT molecular complexity index is 583. The summed E-state index contributed by atoms with van der Waals surface area (Å²) in [5.41, 5.74) is 4.49. The van der Waals surface area contributed by atoms with Gasteiger partial charge in [0.1, 0.15) is 11.5 Å². The molecule has 0 spiro atoms. The Hall–Kier alpha value is -1.48. The Morgan fingerprint density at radius 3 is 3.00 bits per heavy atom. The Balaban J connectivity index is 2.11. The molecule has 3 rings (SSSR count). The number of hydrogen-bond acceptors (Lipinski definition) is 3. The molecule has 0 aliphatic heterocycles. The molecule has 0 N–H and O–H groups in total. The molecular formula is C14H14ClN3. The third-order valence-corrected chi connectivity index (χ3v) is 3.97. The molecule has 1 aliphatic carbocycles. The summed E-state index contributed by atoms with van der Waals surface area (Å²) in [6.45, 7) is 1.98. The first-order valence-corrected chi connectivity index (χ1v) is 6.56. The monoisotopic (exact) mass is 259 g/mol. The maximum absolute atomic E-state index is 6.09. The lowest BCUT2D eigenvalue weighted by Crippen LogP contribution is -2.15. The topological polar surface area (TPSA) is 38.7 Å². The fraction of sp³-hybridized carbons (Fsp3) is 0.357. The zero-order valence-electron chi connectivity index (χ0n) is 10.2. The number of nitrogens with zero attached hydrogens (tertiary/aromatic N) is 3. The van der Waals surface area contributed by atoms with Crippen LogP contribution in [0.1, 0.15) is 41.3 Å². The predicted octanol–water partition coefficient (Wildman–Crippen LogP) is 3.30. The van der Waals surface area contributed by atoms with Gasteiger partial charge >= 0.3 is 0 Å². The van der Waals surface area contributed by atoms with Crippen LogP contribution in [-0.2, 0) is 6.42 Å². The second-order valence-electron chi connectivity index (χ2n) is 4.67. The number of pyridine rings is 1. The molecule has 0 saturated heterocycles. The highest BCUT2D eigenvalue weighted by molar-refractivity contribution is 6.30. The molecule has 3 nitrogen and oxygen atoms in total. The average molecular weight is 260 g/mol. The second kappa shape index (κ2) is 4.65. The number of aryl methyl sites for hydroxylation is 1. The molecular weight excluding hydrogens is 246 g/mol. The summed E-state index contributed by atoms with van der Waals surface area (Å²) in [7, 11) is 0. The van der Waals surface area contributed by atoms with Crippen molar-refractivity contribution in [1.82, 2.24) is 15.0 Å². The highest BCUT2D eigenvalue weighted by Gasteiger charge is 2.25. The van der Waals surface area contributed by atoms with E-state index in [2.05, 4.69) is 21.0 Å². The Kier molecular flexibility index (Phi) is 3.00. The first-order chi connectivity index (χ1) is 8.77. The number of hydrogen-bond donors (Lipinski definition) is 0. The number of halogens is 1. The first-order valence-electron chi connectivity index (χ1n) is 6.18. The molecule has 0 saturated carbocycles. The van der Waals surface area contributed by atoms with Crippen molar-refractivity contribution in [2.45, 2.75) is 32.1 Å². The van der Waals surface area contributed by atoms with Crippen molar-refractivity contribution in [1.29, 1.82) is 0 Å². The van der Waals surface area contributed by atoms with Gasteiger partial charge in [-0.1, -0.05) is 17.7 Å². The lowest BCUT2D eigenvalue weighted by molar-refractivity contribution is 0.584. The van der Waals surface area contributed by atoms with Gasteiger partial charge in [-0.25, -0.2) is 9.97 Å². The molecule has 2 aromatic rings. The summed E-state index contributed by atoms with van der Waals surface area (Å²) in [5.74, 6) is 0.260. The van der Waals surface area contributed by atoms with Gasteiger partial charge in [-0.3, -0.25) is 4.98 Å². The minimum atomic E-state index is 0.260. The lowest BCUT2D eigenvalue weighted by Gasteiger charge is -2.24. The summed E-state index contributed by atoms with van der Waals surface area (Å²) in [6, 6.07) is 4.16. The normalized spacial score (nSPS) is 18.4. The summed E-state index contributed by atoms with van der Waals surface area (Å²) in [6.07, 6.45) is 6.76. The molecule has 2 aromatic heterocycles. The van der Waals surface area contributed by atoms with Crippen LogP contribution in [0.15, 0.2) is 24.7 Å². The van der Waals surface area contributed by atoms with E-state index >= 15 is 0 Å². The molecule has 2 heterocycles. The van der Waals surface area contributed by atoms with Crippen molar-refractivity contribution in [3.63, 3.8) is 0 Å². The van der Waals surface area contributed by atoms with Crippen LogP contribution in [-0.4, -0.2) is 15.0 Å². The maximum atomic E-state index is 6.09. The van der Waals surface area contributed by atoms with Crippen LogP contribution in [0.4, 0.5) is 0 Å². The van der Waals surface area contributed by atoms with Gasteiger partial charge in [0.15, 0.2) is 0 Å². The Morgan fingerprint density at radius 1 is 1.22 bits per heavy atom. The van der Waals surface area contributed by atoms with Crippen molar-refractivity contribution in [2.24, 2.45) is 0 Å². The van der Waals surface area contributed by atoms with Crippen molar-refractivity contribution < 1.29 is 0 Å². The van der Waals surface area contributed by atoms with Gasteiger partial charge in [0.25, 0.3) is 0 Å². The van der Waals surface area contributed by atoms with Gasteiger partial charge in [0.05, 0.1) is 11.4 Å². The molecule has 1 atom stereocenters. The Morgan fingerprint density at radius 2 is 2.11 bits per heavy atom. The lowest BCUT2D eigenvalue weighted by atomic mass is 9.83. The molecule has 0 aromatic carbocycles. The van der Waals surface area contributed by atoms with Crippen molar-refractivity contribution in [3.05, 3.63) is 52.3 Å². The van der Waals surface area contributed by atoms with Crippen LogP contribution in [0.3, 0.4) is 0 Å². The van der Waals surface area contributed by atoms with E-state index in [1.807, 2.05) is 19.2 Å². The third-order valence-electron chi connectivity index (χ3n) is 3.59. The van der Waals surface area contributed by atoms with Gasteiger partial charge in [0.2, 0.25) is 0 Å². The van der Waals surface area contributed by atoms with Crippen LogP contribution in [0, 0.1) is 6.92 Å². The molecule has 92 valence electrons. The quantitative estimate of drug-likeness (QED) is 0.738. The van der Waals surface area contributed by atoms with E-state index in [0.717, 1.165) is 29.8 Å². The fourth-order valence-electron chi connectivity index (χ4n) is 2.67. The Labute approximate surface area is 111 Å².